The van der Waals surface area contributed by atoms with Crippen molar-refractivity contribution in [3.63, 3.8) is 0 Å². The molecule has 146 valence electrons. The van der Waals surface area contributed by atoms with Gasteiger partial charge in [-0.1, -0.05) is 12.1 Å². The van der Waals surface area contributed by atoms with Crippen molar-refractivity contribution in [1.82, 2.24) is 15.5 Å². The Morgan fingerprint density at radius 3 is 2.44 bits per heavy atom. The summed E-state index contributed by atoms with van der Waals surface area (Å²) in [6.07, 6.45) is 3.47. The number of likely N-dealkylation sites (tertiary alicyclic amines) is 1. The van der Waals surface area contributed by atoms with Gasteiger partial charge in [-0.15, -0.1) is 0 Å². The van der Waals surface area contributed by atoms with Crippen molar-refractivity contribution in [1.29, 1.82) is 0 Å². The number of anilines is 1. The molecular weight excluding hydrogens is 348 g/mol. The highest BCUT2D eigenvalue weighted by atomic mass is 16.5. The summed E-state index contributed by atoms with van der Waals surface area (Å²) in [5.74, 6) is -0.240. The summed E-state index contributed by atoms with van der Waals surface area (Å²) in [5, 5.41) is 8.25. The molecule has 0 atom stereocenters. The molecule has 4 amide bonds. The summed E-state index contributed by atoms with van der Waals surface area (Å²) in [6.45, 7) is 1.67. The van der Waals surface area contributed by atoms with Crippen molar-refractivity contribution in [3.8, 4) is 5.75 Å². The third-order valence-electron chi connectivity index (χ3n) is 4.92. The first-order valence-corrected chi connectivity index (χ1v) is 9.34. The molecule has 8 nitrogen and oxygen atoms in total. The summed E-state index contributed by atoms with van der Waals surface area (Å²) in [6, 6.07) is 7.29. The van der Waals surface area contributed by atoms with Crippen molar-refractivity contribution in [3.05, 3.63) is 24.3 Å². The second kappa shape index (κ2) is 8.75. The summed E-state index contributed by atoms with van der Waals surface area (Å²) < 4.78 is 5.25. The van der Waals surface area contributed by atoms with Crippen LogP contribution in [0.2, 0.25) is 0 Å². The van der Waals surface area contributed by atoms with E-state index in [1.807, 2.05) is 12.1 Å². The zero-order valence-corrected chi connectivity index (χ0v) is 15.5. The zero-order valence-electron chi connectivity index (χ0n) is 15.5. The lowest BCUT2D eigenvalue weighted by molar-refractivity contribution is -0.139. The monoisotopic (exact) mass is 374 g/mol. The average Bonchev–Trinajstić information content (AvgIpc) is 3.50. The third-order valence-corrected chi connectivity index (χ3v) is 4.92. The Morgan fingerprint density at radius 1 is 1.07 bits per heavy atom. The number of urea groups is 1. The van der Waals surface area contributed by atoms with E-state index in [1.54, 1.807) is 24.1 Å². The van der Waals surface area contributed by atoms with Crippen LogP contribution in [-0.4, -0.2) is 55.5 Å². The van der Waals surface area contributed by atoms with Gasteiger partial charge in [0.05, 0.1) is 12.8 Å². The van der Waals surface area contributed by atoms with E-state index in [1.165, 1.54) is 0 Å². The first kappa shape index (κ1) is 19.0. The number of piperidine rings is 1. The fraction of sp³-hybridized carbons (Fsp3) is 0.526. The van der Waals surface area contributed by atoms with Crippen LogP contribution in [0.5, 0.6) is 5.75 Å². The van der Waals surface area contributed by atoms with Crippen LogP contribution in [0.4, 0.5) is 10.5 Å². The van der Waals surface area contributed by atoms with Gasteiger partial charge in [-0.2, -0.15) is 0 Å². The molecule has 0 unspecified atom stereocenters. The van der Waals surface area contributed by atoms with Crippen LogP contribution in [0.15, 0.2) is 24.3 Å². The van der Waals surface area contributed by atoms with Gasteiger partial charge >= 0.3 is 17.8 Å². The van der Waals surface area contributed by atoms with Crippen LogP contribution in [0.1, 0.15) is 25.7 Å². The summed E-state index contributed by atoms with van der Waals surface area (Å²) in [5.41, 5.74) is 0.640. The molecule has 1 saturated heterocycles. The predicted octanol–water partition coefficient (Wildman–Crippen LogP) is 1.33. The van der Waals surface area contributed by atoms with Gasteiger partial charge in [0.2, 0.25) is 0 Å². The Bertz CT molecular complexity index is 697. The van der Waals surface area contributed by atoms with Crippen LogP contribution in [0.25, 0.3) is 0 Å². The smallest absolute Gasteiger partial charge is 0.321 e. The number of nitrogens with one attached hydrogen (secondary N) is 3. The number of para-hydroxylation sites is 2. The summed E-state index contributed by atoms with van der Waals surface area (Å²) >= 11 is 0. The normalized spacial score (nSPS) is 17.1. The van der Waals surface area contributed by atoms with E-state index in [4.69, 9.17) is 4.74 Å². The molecule has 1 aliphatic carbocycles. The van der Waals surface area contributed by atoms with Crippen molar-refractivity contribution in [2.24, 2.45) is 5.92 Å². The second-order valence-electron chi connectivity index (χ2n) is 7.02. The maximum Gasteiger partial charge on any atom is 0.321 e. The Hall–Kier alpha value is -2.77. The first-order chi connectivity index (χ1) is 13.1. The minimum absolute atomic E-state index is 0.161. The van der Waals surface area contributed by atoms with Gasteiger partial charge in [-0.25, -0.2) is 4.79 Å². The quantitative estimate of drug-likeness (QED) is 0.677. The molecule has 0 aromatic heterocycles. The van der Waals surface area contributed by atoms with Gasteiger partial charge in [-0.3, -0.25) is 9.59 Å². The lowest BCUT2D eigenvalue weighted by atomic mass is 9.97. The molecule has 1 aliphatic heterocycles. The van der Waals surface area contributed by atoms with E-state index in [-0.39, 0.29) is 18.0 Å². The minimum Gasteiger partial charge on any atom is -0.495 e. The second-order valence-corrected chi connectivity index (χ2v) is 7.02. The predicted molar refractivity (Wildman–Crippen MR) is 100 cm³/mol. The average molecular weight is 374 g/mol. The van der Waals surface area contributed by atoms with Crippen LogP contribution >= 0.6 is 0 Å². The maximum absolute atomic E-state index is 12.4. The molecule has 3 N–H and O–H groups in total. The van der Waals surface area contributed by atoms with Gasteiger partial charge in [0.1, 0.15) is 5.75 Å². The van der Waals surface area contributed by atoms with Crippen LogP contribution in [-0.2, 0) is 9.59 Å². The number of nitrogens with zero attached hydrogens (tertiary/aromatic N) is 1. The highest BCUT2D eigenvalue weighted by molar-refractivity contribution is 6.35. The molecule has 8 heteroatoms. The topological polar surface area (TPSA) is 99.8 Å². The number of ether oxygens (including phenoxy) is 1. The van der Waals surface area contributed by atoms with E-state index < -0.39 is 11.8 Å². The fourth-order valence-corrected chi connectivity index (χ4v) is 3.08. The lowest BCUT2D eigenvalue weighted by Crippen LogP contribution is -2.46. The maximum atomic E-state index is 12.4. The molecule has 1 aromatic rings. The van der Waals surface area contributed by atoms with Crippen LogP contribution < -0.4 is 20.7 Å². The first-order valence-electron chi connectivity index (χ1n) is 9.34. The Morgan fingerprint density at radius 2 is 1.78 bits per heavy atom. The number of hydrogen-bond acceptors (Lipinski definition) is 4. The molecule has 2 aliphatic rings. The Labute approximate surface area is 158 Å². The molecule has 1 heterocycles. The van der Waals surface area contributed by atoms with Crippen molar-refractivity contribution < 1.29 is 19.1 Å². The van der Waals surface area contributed by atoms with Gasteiger partial charge in [0.25, 0.3) is 0 Å². The SMILES string of the molecule is COc1ccccc1NC(=O)N1CCC(CNC(=O)C(=O)NC2CC2)CC1. The fourth-order valence-electron chi connectivity index (χ4n) is 3.08. The number of methoxy groups -OCH3 is 1. The molecular formula is C19H26N4O4. The van der Waals surface area contributed by atoms with E-state index in [2.05, 4.69) is 16.0 Å². The van der Waals surface area contributed by atoms with Crippen LogP contribution in [0, 0.1) is 5.92 Å². The molecule has 27 heavy (non-hydrogen) atoms. The third kappa shape index (κ3) is 5.35. The number of benzene rings is 1. The standard InChI is InChI=1S/C19H26N4O4/c1-27-16-5-3-2-4-15(16)22-19(26)23-10-8-13(9-11-23)12-20-17(24)18(25)21-14-6-7-14/h2-5,13-14H,6-12H2,1H3,(H,20,24)(H,21,25)(H,22,26). The van der Waals surface area contributed by atoms with Gasteiger partial charge in [-0.05, 0) is 43.7 Å². The molecule has 1 saturated carbocycles. The highest BCUT2D eigenvalue weighted by Gasteiger charge is 2.27. The zero-order chi connectivity index (χ0) is 19.2. The van der Waals surface area contributed by atoms with E-state index in [9.17, 15) is 14.4 Å². The number of amides is 4. The number of carbonyl (C=O) groups is 3. The van der Waals surface area contributed by atoms with E-state index in [0.29, 0.717) is 31.1 Å². The minimum atomic E-state index is -0.571. The van der Waals surface area contributed by atoms with Crippen LogP contribution in [0.3, 0.4) is 0 Å². The summed E-state index contributed by atoms with van der Waals surface area (Å²) in [4.78, 5) is 37.6. The number of rotatable bonds is 5. The molecule has 2 fully saturated rings. The molecule has 3 rings (SSSR count). The van der Waals surface area contributed by atoms with E-state index >= 15 is 0 Å². The number of hydrogen-bond donors (Lipinski definition) is 3. The lowest BCUT2D eigenvalue weighted by Gasteiger charge is -2.32. The molecule has 0 spiro atoms. The van der Waals surface area contributed by atoms with E-state index in [0.717, 1.165) is 25.7 Å². The Balaban J connectivity index is 1.39. The highest BCUT2D eigenvalue weighted by Crippen LogP contribution is 2.24. The van der Waals surface area contributed by atoms with Gasteiger partial charge < -0.3 is 25.6 Å². The molecule has 0 bridgehead atoms. The largest absolute Gasteiger partial charge is 0.495 e. The molecule has 1 aromatic carbocycles. The summed E-state index contributed by atoms with van der Waals surface area (Å²) in [7, 11) is 1.57. The van der Waals surface area contributed by atoms with Crippen molar-refractivity contribution >= 4 is 23.5 Å². The molecule has 0 radical (unpaired) electrons. The van der Waals surface area contributed by atoms with Gasteiger partial charge in [0, 0.05) is 25.7 Å². The van der Waals surface area contributed by atoms with Crippen molar-refractivity contribution in [2.75, 3.05) is 32.1 Å². The van der Waals surface area contributed by atoms with Crippen molar-refractivity contribution in [2.45, 2.75) is 31.7 Å². The van der Waals surface area contributed by atoms with Gasteiger partial charge in [0.15, 0.2) is 0 Å². The number of carbonyl (C=O) groups excluding carboxylic acids is 3. The Kier molecular flexibility index (Phi) is 6.16.